The zero-order valence-corrected chi connectivity index (χ0v) is 14.8. The molecule has 0 N–H and O–H groups in total. The Balaban J connectivity index is 1.69. The van der Waals surface area contributed by atoms with Gasteiger partial charge >= 0.3 is 0 Å². The second-order valence-corrected chi connectivity index (χ2v) is 6.42. The lowest BCUT2D eigenvalue weighted by atomic mass is 10.1. The smallest absolute Gasteiger partial charge is 0.290 e. The van der Waals surface area contributed by atoms with Crippen LogP contribution in [-0.2, 0) is 13.1 Å². The molecule has 0 saturated heterocycles. The summed E-state index contributed by atoms with van der Waals surface area (Å²) in [7, 11) is 0. The maximum atomic E-state index is 13.6. The number of fused-ring (bicyclic) bond motifs is 1. The summed E-state index contributed by atoms with van der Waals surface area (Å²) in [6, 6.07) is 17.3. The van der Waals surface area contributed by atoms with Gasteiger partial charge in [-0.3, -0.25) is 4.79 Å². The first kappa shape index (κ1) is 17.1. The van der Waals surface area contributed by atoms with Crippen LogP contribution >= 0.6 is 0 Å². The first-order chi connectivity index (χ1) is 13.1. The van der Waals surface area contributed by atoms with E-state index in [9.17, 15) is 9.18 Å². The van der Waals surface area contributed by atoms with Gasteiger partial charge in [0.15, 0.2) is 5.76 Å². The van der Waals surface area contributed by atoms with Gasteiger partial charge in [-0.2, -0.15) is 0 Å². The van der Waals surface area contributed by atoms with Crippen molar-refractivity contribution in [3.63, 3.8) is 0 Å². The normalized spacial score (nSPS) is 11.0. The van der Waals surface area contributed by atoms with Crippen molar-refractivity contribution in [2.75, 3.05) is 0 Å². The number of halogens is 1. The Hall–Kier alpha value is -3.34. The lowest BCUT2D eigenvalue weighted by Crippen LogP contribution is -2.30. The molecule has 0 fully saturated rings. The SMILES string of the molecule is Cc1c(C(=O)N(Cc2cccc(F)c2)Cc2ccco2)oc2ccccc12. The van der Waals surface area contributed by atoms with Crippen molar-refractivity contribution in [1.29, 1.82) is 0 Å². The highest BCUT2D eigenvalue weighted by molar-refractivity contribution is 5.98. The summed E-state index contributed by atoms with van der Waals surface area (Å²) in [5.41, 5.74) is 2.16. The highest BCUT2D eigenvalue weighted by Crippen LogP contribution is 2.27. The third kappa shape index (κ3) is 3.49. The van der Waals surface area contributed by atoms with Crippen LogP contribution in [0.3, 0.4) is 0 Å². The summed E-state index contributed by atoms with van der Waals surface area (Å²) >= 11 is 0. The lowest BCUT2D eigenvalue weighted by Gasteiger charge is -2.21. The van der Waals surface area contributed by atoms with Gasteiger partial charge in [-0.1, -0.05) is 30.3 Å². The van der Waals surface area contributed by atoms with E-state index in [1.54, 1.807) is 35.4 Å². The number of carbonyl (C=O) groups excluding carboxylic acids is 1. The molecule has 1 amide bonds. The second-order valence-electron chi connectivity index (χ2n) is 6.42. The fraction of sp³-hybridized carbons (Fsp3) is 0.136. The topological polar surface area (TPSA) is 46.6 Å². The van der Waals surface area contributed by atoms with Crippen molar-refractivity contribution in [2.24, 2.45) is 0 Å². The van der Waals surface area contributed by atoms with E-state index in [4.69, 9.17) is 8.83 Å². The summed E-state index contributed by atoms with van der Waals surface area (Å²) in [5.74, 6) is 0.342. The molecule has 5 heteroatoms. The minimum atomic E-state index is -0.335. The number of benzene rings is 2. The minimum absolute atomic E-state index is 0.244. The maximum absolute atomic E-state index is 13.6. The Morgan fingerprint density at radius 2 is 1.89 bits per heavy atom. The van der Waals surface area contributed by atoms with Crippen molar-refractivity contribution < 1.29 is 18.0 Å². The van der Waals surface area contributed by atoms with Crippen LogP contribution in [0.1, 0.15) is 27.4 Å². The molecule has 0 radical (unpaired) electrons. The summed E-state index contributed by atoms with van der Waals surface area (Å²) < 4.78 is 24.8. The van der Waals surface area contributed by atoms with Crippen molar-refractivity contribution in [1.82, 2.24) is 4.90 Å². The number of furan rings is 2. The largest absolute Gasteiger partial charge is 0.467 e. The molecular formula is C22H18FNO3. The maximum Gasteiger partial charge on any atom is 0.290 e. The van der Waals surface area contributed by atoms with Crippen molar-refractivity contribution in [2.45, 2.75) is 20.0 Å². The van der Waals surface area contributed by atoms with E-state index in [2.05, 4.69) is 0 Å². The van der Waals surface area contributed by atoms with Crippen molar-refractivity contribution >= 4 is 16.9 Å². The number of hydrogen-bond acceptors (Lipinski definition) is 3. The van der Waals surface area contributed by atoms with Gasteiger partial charge in [-0.15, -0.1) is 0 Å². The second kappa shape index (κ2) is 7.11. The Labute approximate surface area is 155 Å². The molecule has 4 nitrogen and oxygen atoms in total. The molecule has 4 aromatic rings. The number of carbonyl (C=O) groups is 1. The first-order valence-corrected chi connectivity index (χ1v) is 8.66. The molecule has 0 spiro atoms. The van der Waals surface area contributed by atoms with Gasteiger partial charge in [0, 0.05) is 17.5 Å². The van der Waals surface area contributed by atoms with Crippen LogP contribution in [0.25, 0.3) is 11.0 Å². The predicted octanol–water partition coefficient (Wildman–Crippen LogP) is 5.32. The lowest BCUT2D eigenvalue weighted by molar-refractivity contribution is 0.0686. The van der Waals surface area contributed by atoms with Crippen LogP contribution in [0.2, 0.25) is 0 Å². The molecule has 0 aliphatic rings. The van der Waals surface area contributed by atoms with Crippen molar-refractivity contribution in [3.05, 3.63) is 95.4 Å². The zero-order valence-electron chi connectivity index (χ0n) is 14.8. The van der Waals surface area contributed by atoms with E-state index in [1.165, 1.54) is 12.1 Å². The fourth-order valence-corrected chi connectivity index (χ4v) is 3.17. The van der Waals surface area contributed by atoms with Crippen LogP contribution in [0.15, 0.2) is 75.8 Å². The van der Waals surface area contributed by atoms with Gasteiger partial charge < -0.3 is 13.7 Å². The molecule has 0 atom stereocenters. The van der Waals surface area contributed by atoms with E-state index in [1.807, 2.05) is 31.2 Å². The Bertz CT molecular complexity index is 1080. The Morgan fingerprint density at radius 3 is 2.63 bits per heavy atom. The Morgan fingerprint density at radius 1 is 1.04 bits per heavy atom. The van der Waals surface area contributed by atoms with Gasteiger partial charge in [0.2, 0.25) is 0 Å². The van der Waals surface area contributed by atoms with Crippen LogP contribution in [0, 0.1) is 12.7 Å². The molecule has 0 aliphatic carbocycles. The molecule has 0 bridgehead atoms. The fourth-order valence-electron chi connectivity index (χ4n) is 3.17. The molecule has 0 saturated carbocycles. The van der Waals surface area contributed by atoms with Gasteiger partial charge in [-0.05, 0) is 42.8 Å². The number of amides is 1. The van der Waals surface area contributed by atoms with E-state index >= 15 is 0 Å². The van der Waals surface area contributed by atoms with Crippen LogP contribution in [0.5, 0.6) is 0 Å². The highest BCUT2D eigenvalue weighted by Gasteiger charge is 2.24. The predicted molar refractivity (Wildman–Crippen MR) is 99.6 cm³/mol. The summed E-state index contributed by atoms with van der Waals surface area (Å²) in [6.07, 6.45) is 1.56. The average molecular weight is 363 g/mol. The number of nitrogens with zero attached hydrogens (tertiary/aromatic N) is 1. The van der Waals surface area contributed by atoms with Crippen molar-refractivity contribution in [3.8, 4) is 0 Å². The van der Waals surface area contributed by atoms with Gasteiger partial charge in [0.1, 0.15) is 17.2 Å². The molecule has 0 aliphatic heterocycles. The molecule has 27 heavy (non-hydrogen) atoms. The van der Waals surface area contributed by atoms with E-state index in [-0.39, 0.29) is 24.8 Å². The van der Waals surface area contributed by atoms with E-state index < -0.39 is 0 Å². The molecule has 2 aromatic carbocycles. The molecule has 136 valence electrons. The molecule has 0 unspecified atom stereocenters. The summed E-state index contributed by atoms with van der Waals surface area (Å²) in [5, 5.41) is 0.907. The van der Waals surface area contributed by atoms with Gasteiger partial charge in [-0.25, -0.2) is 4.39 Å². The monoisotopic (exact) mass is 363 g/mol. The van der Waals surface area contributed by atoms with Crippen LogP contribution in [-0.4, -0.2) is 10.8 Å². The highest BCUT2D eigenvalue weighted by atomic mass is 19.1. The van der Waals surface area contributed by atoms with Crippen LogP contribution in [0.4, 0.5) is 4.39 Å². The zero-order chi connectivity index (χ0) is 18.8. The number of rotatable bonds is 5. The van der Waals surface area contributed by atoms with E-state index in [0.29, 0.717) is 22.7 Å². The quantitative estimate of drug-likeness (QED) is 0.482. The molecule has 2 heterocycles. The summed E-state index contributed by atoms with van der Waals surface area (Å²) in [4.78, 5) is 14.8. The molecule has 2 aromatic heterocycles. The standard InChI is InChI=1S/C22H18FNO3/c1-15-19-9-2-3-10-20(19)27-21(15)22(25)24(14-18-8-5-11-26-18)13-16-6-4-7-17(23)12-16/h2-12H,13-14H2,1H3. The third-order valence-corrected chi connectivity index (χ3v) is 4.51. The van der Waals surface area contributed by atoms with Gasteiger partial charge in [0.05, 0.1) is 12.8 Å². The molecular weight excluding hydrogens is 345 g/mol. The van der Waals surface area contributed by atoms with E-state index in [0.717, 1.165) is 10.9 Å². The minimum Gasteiger partial charge on any atom is -0.467 e. The van der Waals surface area contributed by atoms with Gasteiger partial charge in [0.25, 0.3) is 5.91 Å². The number of para-hydroxylation sites is 1. The average Bonchev–Trinajstić information content (AvgIpc) is 3.29. The Kier molecular flexibility index (Phi) is 4.50. The first-order valence-electron chi connectivity index (χ1n) is 8.66. The molecule has 4 rings (SSSR count). The van der Waals surface area contributed by atoms with Crippen LogP contribution < -0.4 is 0 Å². The number of hydrogen-bond donors (Lipinski definition) is 0. The number of aryl methyl sites for hydroxylation is 1. The summed E-state index contributed by atoms with van der Waals surface area (Å²) in [6.45, 7) is 2.37. The third-order valence-electron chi connectivity index (χ3n) is 4.51.